The van der Waals surface area contributed by atoms with Gasteiger partial charge in [0, 0.05) is 6.42 Å². The van der Waals surface area contributed by atoms with Crippen molar-refractivity contribution in [2.75, 3.05) is 18.6 Å². The van der Waals surface area contributed by atoms with Gasteiger partial charge in [-0.25, -0.2) is 4.79 Å². The number of methoxy groups -OCH3 is 1. The molecule has 0 radical (unpaired) electrons. The lowest BCUT2D eigenvalue weighted by Crippen LogP contribution is -2.33. The van der Waals surface area contributed by atoms with E-state index in [1.165, 1.54) is 0 Å². The van der Waals surface area contributed by atoms with Crippen LogP contribution in [0.3, 0.4) is 0 Å². The summed E-state index contributed by atoms with van der Waals surface area (Å²) >= 11 is 1.78. The van der Waals surface area contributed by atoms with Crippen LogP contribution in [0.4, 0.5) is 8.78 Å². The number of hydrogen-bond donors (Lipinski definition) is 0. The third kappa shape index (κ3) is 3.12. The Hall–Kier alpha value is -0.320. The molecule has 82 valence electrons. The van der Waals surface area contributed by atoms with E-state index < -0.39 is 11.9 Å². The molecule has 0 atom stereocenters. The van der Waals surface area contributed by atoms with E-state index in [-0.39, 0.29) is 12.3 Å². The van der Waals surface area contributed by atoms with Gasteiger partial charge in [0.25, 0.3) is 0 Å². The molecule has 0 bridgehead atoms. The van der Waals surface area contributed by atoms with Crippen molar-refractivity contribution in [3.05, 3.63) is 0 Å². The summed E-state index contributed by atoms with van der Waals surface area (Å²) in [6, 6.07) is 0. The molecule has 0 unspecified atom stereocenters. The van der Waals surface area contributed by atoms with E-state index in [2.05, 4.69) is 4.74 Å². The summed E-state index contributed by atoms with van der Waals surface area (Å²) in [6.45, 7) is 0. The fraction of sp³-hybridized carbons (Fsp3) is 0.889. The van der Waals surface area contributed by atoms with Gasteiger partial charge in [-0.1, -0.05) is 0 Å². The van der Waals surface area contributed by atoms with E-state index in [1.54, 1.807) is 11.8 Å². The third-order valence-electron chi connectivity index (χ3n) is 2.37. The van der Waals surface area contributed by atoms with Gasteiger partial charge in [0.15, 0.2) is 0 Å². The van der Waals surface area contributed by atoms with E-state index in [4.69, 9.17) is 0 Å². The van der Waals surface area contributed by atoms with Crippen molar-refractivity contribution in [3.8, 4) is 0 Å². The first-order chi connectivity index (χ1) is 6.56. The van der Waals surface area contributed by atoms with E-state index in [9.17, 15) is 13.6 Å². The van der Waals surface area contributed by atoms with Gasteiger partial charge >= 0.3 is 11.9 Å². The van der Waals surface area contributed by atoms with Gasteiger partial charge < -0.3 is 4.74 Å². The molecule has 2 nitrogen and oxygen atoms in total. The first-order valence-corrected chi connectivity index (χ1v) is 5.75. The number of rotatable bonds is 3. The minimum atomic E-state index is -3.30. The molecule has 1 aliphatic rings. The van der Waals surface area contributed by atoms with Crippen molar-refractivity contribution >= 4 is 17.7 Å². The zero-order valence-electron chi connectivity index (χ0n) is 8.09. The summed E-state index contributed by atoms with van der Waals surface area (Å²) in [4.78, 5) is 10.7. The molecule has 1 fully saturated rings. The highest BCUT2D eigenvalue weighted by atomic mass is 32.2. The van der Waals surface area contributed by atoms with Gasteiger partial charge in [-0.3, -0.25) is 0 Å². The molecule has 0 aromatic rings. The van der Waals surface area contributed by atoms with Crippen LogP contribution in [-0.2, 0) is 9.53 Å². The predicted molar refractivity (Wildman–Crippen MR) is 51.6 cm³/mol. The topological polar surface area (TPSA) is 26.3 Å². The monoisotopic (exact) mass is 224 g/mol. The maximum Gasteiger partial charge on any atom is 0.376 e. The Labute approximate surface area is 86.4 Å². The summed E-state index contributed by atoms with van der Waals surface area (Å²) in [5.41, 5.74) is 0. The molecule has 0 aliphatic carbocycles. The van der Waals surface area contributed by atoms with Crippen LogP contribution in [0.1, 0.15) is 19.3 Å². The van der Waals surface area contributed by atoms with Gasteiger partial charge in [0.2, 0.25) is 0 Å². The van der Waals surface area contributed by atoms with Crippen molar-refractivity contribution in [2.24, 2.45) is 5.92 Å². The second-order valence-electron chi connectivity index (χ2n) is 3.46. The fourth-order valence-corrected chi connectivity index (χ4v) is 2.75. The number of thioether (sulfide) groups is 1. The first kappa shape index (κ1) is 11.8. The van der Waals surface area contributed by atoms with Crippen molar-refractivity contribution in [3.63, 3.8) is 0 Å². The molecule has 0 N–H and O–H groups in total. The lowest BCUT2D eigenvalue weighted by molar-refractivity contribution is -0.171. The van der Waals surface area contributed by atoms with E-state index in [0.29, 0.717) is 0 Å². The molecule has 5 heteroatoms. The number of esters is 1. The molecule has 14 heavy (non-hydrogen) atoms. The Morgan fingerprint density at radius 1 is 1.50 bits per heavy atom. The highest BCUT2D eigenvalue weighted by molar-refractivity contribution is 7.99. The van der Waals surface area contributed by atoms with E-state index in [1.807, 2.05) is 0 Å². The zero-order valence-corrected chi connectivity index (χ0v) is 8.91. The normalized spacial score (nSPS) is 19.4. The van der Waals surface area contributed by atoms with Crippen LogP contribution in [-0.4, -0.2) is 30.5 Å². The molecule has 1 heterocycles. The predicted octanol–water partition coefficient (Wildman–Crippen LogP) is 2.33. The van der Waals surface area contributed by atoms with Crippen molar-refractivity contribution in [2.45, 2.75) is 25.2 Å². The SMILES string of the molecule is COC(=O)C(F)(F)CC1CCSCC1. The average molecular weight is 224 g/mol. The van der Waals surface area contributed by atoms with Gasteiger partial charge in [-0.05, 0) is 30.3 Å². The fourth-order valence-electron chi connectivity index (χ4n) is 1.55. The third-order valence-corrected chi connectivity index (χ3v) is 3.42. The standard InChI is InChI=1S/C9H14F2O2S/c1-13-8(12)9(10,11)6-7-2-4-14-5-3-7/h7H,2-6H2,1H3. The van der Waals surface area contributed by atoms with Gasteiger partial charge in [0.1, 0.15) is 0 Å². The molecule has 0 saturated carbocycles. The summed E-state index contributed by atoms with van der Waals surface area (Å²) in [5.74, 6) is -2.91. The van der Waals surface area contributed by atoms with Crippen LogP contribution in [0.25, 0.3) is 0 Å². The molecule has 1 aliphatic heterocycles. The Balaban J connectivity index is 2.44. The zero-order chi connectivity index (χ0) is 10.6. The quantitative estimate of drug-likeness (QED) is 0.688. The maximum atomic E-state index is 13.1. The summed E-state index contributed by atoms with van der Waals surface area (Å²) in [5, 5.41) is 0. The van der Waals surface area contributed by atoms with E-state index in [0.717, 1.165) is 31.5 Å². The molecule has 0 aromatic carbocycles. The number of alkyl halides is 2. The molecule has 1 saturated heterocycles. The van der Waals surface area contributed by atoms with Crippen molar-refractivity contribution in [1.29, 1.82) is 0 Å². The lowest BCUT2D eigenvalue weighted by Gasteiger charge is -2.24. The van der Waals surface area contributed by atoms with Gasteiger partial charge in [0.05, 0.1) is 7.11 Å². The smallest absolute Gasteiger partial charge is 0.376 e. The minimum absolute atomic E-state index is 0.0367. The minimum Gasteiger partial charge on any atom is -0.465 e. The maximum absolute atomic E-state index is 13.1. The van der Waals surface area contributed by atoms with Crippen molar-refractivity contribution in [1.82, 2.24) is 0 Å². The van der Waals surface area contributed by atoms with Gasteiger partial charge in [-0.2, -0.15) is 20.5 Å². The second kappa shape index (κ2) is 4.96. The number of hydrogen-bond acceptors (Lipinski definition) is 3. The van der Waals surface area contributed by atoms with Crippen LogP contribution >= 0.6 is 11.8 Å². The van der Waals surface area contributed by atoms with E-state index >= 15 is 0 Å². The Bertz CT molecular complexity index is 203. The van der Waals surface area contributed by atoms with Crippen LogP contribution in [0.15, 0.2) is 0 Å². The molecular formula is C9H14F2O2S. The number of carbonyl (C=O) groups excluding carboxylic acids is 1. The average Bonchev–Trinajstić information content (AvgIpc) is 2.17. The highest BCUT2D eigenvalue weighted by Gasteiger charge is 2.42. The van der Waals surface area contributed by atoms with Gasteiger partial charge in [-0.15, -0.1) is 0 Å². The molecule has 0 aromatic heterocycles. The molecular weight excluding hydrogens is 210 g/mol. The van der Waals surface area contributed by atoms with Crippen molar-refractivity contribution < 1.29 is 18.3 Å². The number of carbonyl (C=O) groups is 1. The van der Waals surface area contributed by atoms with Crippen LogP contribution < -0.4 is 0 Å². The number of halogens is 2. The summed E-state index contributed by atoms with van der Waals surface area (Å²) in [6.07, 6.45) is 1.19. The van der Waals surface area contributed by atoms with Crippen LogP contribution in [0.5, 0.6) is 0 Å². The Kier molecular flexibility index (Phi) is 4.16. The summed E-state index contributed by atoms with van der Waals surface area (Å²) < 4.78 is 30.3. The molecule has 1 rings (SSSR count). The summed E-state index contributed by atoms with van der Waals surface area (Å²) in [7, 11) is 0.993. The second-order valence-corrected chi connectivity index (χ2v) is 4.68. The largest absolute Gasteiger partial charge is 0.465 e. The van der Waals surface area contributed by atoms with Crippen LogP contribution in [0, 0.1) is 5.92 Å². The highest BCUT2D eigenvalue weighted by Crippen LogP contribution is 2.32. The first-order valence-electron chi connectivity index (χ1n) is 4.60. The van der Waals surface area contributed by atoms with Crippen LogP contribution in [0.2, 0.25) is 0 Å². The Morgan fingerprint density at radius 3 is 2.57 bits per heavy atom. The molecule has 0 amide bonds. The lowest BCUT2D eigenvalue weighted by atomic mass is 9.95. The number of ether oxygens (including phenoxy) is 1. The molecule has 0 spiro atoms. The Morgan fingerprint density at radius 2 is 2.07 bits per heavy atom.